The SMILES string of the molecule is CC/C=C\C/C=C\C/C=C\C/C=C\C/C=C\C/C=C\CCCCCCCCCCCCCCCCC(=O)OCC(O)COP(=O)(O)OCC(O)COP(=O)(O)OCC(COC(=O)CCCCCCCC/C=C\C/C=C\C/C=C\C/C=C\CC)OC(=O)CCCCCCC/C=C\CCCCCC. The van der Waals surface area contributed by atoms with Gasteiger partial charge in [0.1, 0.15) is 25.4 Å². The number of rotatable bonds is 74. The second-order valence-corrected chi connectivity index (χ2v) is 29.0. The van der Waals surface area contributed by atoms with E-state index >= 15 is 0 Å². The Morgan fingerprint density at radius 1 is 0.287 bits per heavy atom. The molecule has 16 nitrogen and oxygen atoms in total. The van der Waals surface area contributed by atoms with Gasteiger partial charge in [0.15, 0.2) is 6.10 Å². The first-order chi connectivity index (χ1) is 49.2. The molecule has 0 saturated carbocycles. The molecule has 0 aromatic carbocycles. The quantitative estimate of drug-likeness (QED) is 0.0146. The van der Waals surface area contributed by atoms with Crippen molar-refractivity contribution >= 4 is 33.6 Å². The minimum atomic E-state index is -4.93. The molecule has 0 fully saturated rings. The molecule has 0 saturated heterocycles. The maximum absolute atomic E-state index is 12.9. The summed E-state index contributed by atoms with van der Waals surface area (Å²) in [4.78, 5) is 58.6. The molecule has 0 rings (SSSR count). The number of carbonyl (C=O) groups is 3. The Balaban J connectivity index is 4.43. The van der Waals surface area contributed by atoms with Gasteiger partial charge in [-0.1, -0.05) is 296 Å². The summed E-state index contributed by atoms with van der Waals surface area (Å²) in [7, 11) is -9.79. The Morgan fingerprint density at radius 2 is 0.525 bits per heavy atom. The van der Waals surface area contributed by atoms with Gasteiger partial charge in [-0.25, -0.2) is 9.13 Å². The first kappa shape index (κ1) is 96.7. The van der Waals surface area contributed by atoms with Gasteiger partial charge >= 0.3 is 33.6 Å². The molecule has 0 bridgehead atoms. The highest BCUT2D eigenvalue weighted by atomic mass is 31.2. The molecular weight excluding hydrogens is 1310 g/mol. The van der Waals surface area contributed by atoms with Gasteiger partial charge in [-0.2, -0.15) is 0 Å². The summed E-state index contributed by atoms with van der Waals surface area (Å²) in [5, 5.41) is 20.6. The van der Waals surface area contributed by atoms with Crippen LogP contribution in [0.4, 0.5) is 0 Å². The number of unbranched alkanes of at least 4 members (excludes halogenated alkanes) is 29. The third-order valence-electron chi connectivity index (χ3n) is 16.3. The Bertz CT molecular complexity index is 2370. The summed E-state index contributed by atoms with van der Waals surface area (Å²) in [5.41, 5.74) is 0. The average Bonchev–Trinajstić information content (AvgIpc) is 0.933. The van der Waals surface area contributed by atoms with Crippen molar-refractivity contribution in [2.24, 2.45) is 0 Å². The van der Waals surface area contributed by atoms with Crippen LogP contribution >= 0.6 is 15.6 Å². The molecule has 5 atom stereocenters. The molecule has 0 aromatic rings. The topological polar surface area (TPSA) is 231 Å². The minimum Gasteiger partial charge on any atom is -0.463 e. The fourth-order valence-corrected chi connectivity index (χ4v) is 12.0. The third kappa shape index (κ3) is 76.6. The molecule has 0 amide bonds. The number of aliphatic hydroxyl groups excluding tert-OH is 2. The van der Waals surface area contributed by atoms with Crippen molar-refractivity contribution in [3.63, 3.8) is 0 Å². The molecule has 0 heterocycles. The normalized spacial score (nSPS) is 14.7. The van der Waals surface area contributed by atoms with E-state index in [1.54, 1.807) is 0 Å². The van der Waals surface area contributed by atoms with Gasteiger partial charge in [-0.15, -0.1) is 0 Å². The summed E-state index contributed by atoms with van der Waals surface area (Å²) >= 11 is 0. The van der Waals surface area contributed by atoms with E-state index in [1.165, 1.54) is 89.9 Å². The molecule has 0 aliphatic rings. The van der Waals surface area contributed by atoms with Gasteiger partial charge in [0.25, 0.3) is 0 Å². The second-order valence-electron chi connectivity index (χ2n) is 26.1. The van der Waals surface area contributed by atoms with Crippen LogP contribution in [0.2, 0.25) is 0 Å². The summed E-state index contributed by atoms with van der Waals surface area (Å²) < 4.78 is 61.1. The largest absolute Gasteiger partial charge is 0.472 e. The van der Waals surface area contributed by atoms with Gasteiger partial charge in [0, 0.05) is 19.3 Å². The predicted molar refractivity (Wildman–Crippen MR) is 417 cm³/mol. The van der Waals surface area contributed by atoms with Crippen molar-refractivity contribution in [1.29, 1.82) is 0 Å². The lowest BCUT2D eigenvalue weighted by molar-refractivity contribution is -0.161. The van der Waals surface area contributed by atoms with E-state index in [9.17, 15) is 43.5 Å². The minimum absolute atomic E-state index is 0.0897. The highest BCUT2D eigenvalue weighted by Crippen LogP contribution is 2.45. The number of allylic oxidation sites excluding steroid dienone is 22. The van der Waals surface area contributed by atoms with Crippen LogP contribution in [0.3, 0.4) is 0 Å². The van der Waals surface area contributed by atoms with Crippen LogP contribution < -0.4 is 0 Å². The number of aliphatic hydroxyl groups is 2. The number of esters is 3. The van der Waals surface area contributed by atoms with Gasteiger partial charge in [0.05, 0.1) is 26.4 Å². The van der Waals surface area contributed by atoms with Crippen LogP contribution in [-0.2, 0) is 55.8 Å². The number of phosphoric ester groups is 2. The summed E-state index contributed by atoms with van der Waals surface area (Å²) in [6.45, 7) is 2.42. The van der Waals surface area contributed by atoms with Gasteiger partial charge in [-0.05, 0) is 135 Å². The van der Waals surface area contributed by atoms with Crippen LogP contribution in [0.15, 0.2) is 134 Å². The first-order valence-electron chi connectivity index (χ1n) is 39.5. The molecule has 5 unspecified atom stereocenters. The van der Waals surface area contributed by atoms with E-state index in [0.29, 0.717) is 19.3 Å². The molecule has 0 aromatic heterocycles. The Morgan fingerprint density at radius 3 is 0.842 bits per heavy atom. The van der Waals surface area contributed by atoms with E-state index in [4.69, 9.17) is 32.3 Å². The third-order valence-corrected chi connectivity index (χ3v) is 18.2. The number of ether oxygens (including phenoxy) is 3. The van der Waals surface area contributed by atoms with Crippen molar-refractivity contribution in [2.75, 3.05) is 39.6 Å². The van der Waals surface area contributed by atoms with Crippen molar-refractivity contribution in [3.8, 4) is 0 Å². The summed E-state index contributed by atoms with van der Waals surface area (Å²) in [6, 6.07) is 0. The number of carbonyl (C=O) groups excluding carboxylic acids is 3. The maximum atomic E-state index is 12.9. The summed E-state index contributed by atoms with van der Waals surface area (Å²) in [6.07, 6.45) is 90.8. The fraction of sp³-hybridized carbons (Fsp3) is 0.699. The molecular formula is C83H142O16P2. The maximum Gasteiger partial charge on any atom is 0.472 e. The van der Waals surface area contributed by atoms with Crippen LogP contribution in [0.5, 0.6) is 0 Å². The van der Waals surface area contributed by atoms with E-state index in [2.05, 4.69) is 154 Å². The average molecular weight is 1460 g/mol. The molecule has 101 heavy (non-hydrogen) atoms. The zero-order valence-corrected chi connectivity index (χ0v) is 65.1. The Hall–Kier alpha value is -4.31. The first-order valence-corrected chi connectivity index (χ1v) is 42.5. The summed E-state index contributed by atoms with van der Waals surface area (Å²) in [5.74, 6) is -1.60. The monoisotopic (exact) mass is 1460 g/mol. The van der Waals surface area contributed by atoms with Gasteiger partial charge in [0.2, 0.25) is 0 Å². The van der Waals surface area contributed by atoms with E-state index in [-0.39, 0.29) is 19.3 Å². The van der Waals surface area contributed by atoms with Crippen LogP contribution in [-0.4, -0.2) is 95.9 Å². The lowest BCUT2D eigenvalue weighted by Gasteiger charge is -2.21. The van der Waals surface area contributed by atoms with Crippen LogP contribution in [0.1, 0.15) is 316 Å². The van der Waals surface area contributed by atoms with Crippen LogP contribution in [0.25, 0.3) is 0 Å². The number of hydrogen-bond acceptors (Lipinski definition) is 14. The Kier molecular flexibility index (Phi) is 72.2. The molecule has 0 aliphatic heterocycles. The fourth-order valence-electron chi connectivity index (χ4n) is 10.4. The molecule has 0 spiro atoms. The molecule has 0 radical (unpaired) electrons. The lowest BCUT2D eigenvalue weighted by atomic mass is 10.0. The zero-order chi connectivity index (χ0) is 73.7. The highest BCUT2D eigenvalue weighted by Gasteiger charge is 2.29. The molecule has 4 N–H and O–H groups in total. The van der Waals surface area contributed by atoms with Crippen molar-refractivity contribution < 1.29 is 75.8 Å². The van der Waals surface area contributed by atoms with E-state index in [0.717, 1.165) is 167 Å². The number of phosphoric acid groups is 2. The molecule has 580 valence electrons. The Labute approximate surface area is 614 Å². The zero-order valence-electron chi connectivity index (χ0n) is 63.3. The predicted octanol–water partition coefficient (Wildman–Crippen LogP) is 23.1. The van der Waals surface area contributed by atoms with E-state index in [1.807, 2.05) is 0 Å². The molecule has 18 heteroatoms. The van der Waals surface area contributed by atoms with Crippen molar-refractivity contribution in [1.82, 2.24) is 0 Å². The van der Waals surface area contributed by atoms with E-state index < -0.39 is 91.5 Å². The van der Waals surface area contributed by atoms with Gasteiger partial charge < -0.3 is 34.2 Å². The molecule has 0 aliphatic carbocycles. The van der Waals surface area contributed by atoms with Crippen molar-refractivity contribution in [3.05, 3.63) is 134 Å². The van der Waals surface area contributed by atoms with Gasteiger partial charge in [-0.3, -0.25) is 32.5 Å². The number of hydrogen-bond donors (Lipinski definition) is 4. The smallest absolute Gasteiger partial charge is 0.463 e. The standard InChI is InChI=1S/C83H142O16P2/c1-4-7-10-13-16-19-22-25-27-29-31-32-33-34-35-36-37-38-39-40-41-42-43-44-46-48-49-52-54-57-60-63-66-69-81(86)93-72-78(84)73-95-100(89,90)96-74-79(85)75-97-101(91,92)98-77-80(99-83(88)71-68-65-62-59-56-51-24-21-18-15-12-9-6-3)76-94-82(87)70-67-64-61-58-55-53-50-47-45-30-28-26-23-20-17-14-11-8-5-2/h7-8,10-11,16-17,19-21,24-28,31-32,34-35,37-38,45,47,78-80,84-85H,4-6,9,12-15,18,22-23,29-30,33,36,39-44,46,48-77H2,1-3H3,(H,89,90)(H,91,92)/b10-7-,11-8-,19-16-,20-17-,24-21-,27-25-,28-26-,32-31-,35-34-,38-37-,47-45-. The highest BCUT2D eigenvalue weighted by molar-refractivity contribution is 7.47. The lowest BCUT2D eigenvalue weighted by Crippen LogP contribution is -2.30. The van der Waals surface area contributed by atoms with Crippen molar-refractivity contribution in [2.45, 2.75) is 334 Å². The second kappa shape index (κ2) is 75.4. The van der Waals surface area contributed by atoms with Crippen LogP contribution in [0, 0.1) is 0 Å².